The lowest BCUT2D eigenvalue weighted by molar-refractivity contribution is 0.112. The van der Waals surface area contributed by atoms with E-state index in [1.807, 2.05) is 84.9 Å². The number of nitrogens with one attached hydrogen (secondary N) is 1. The Hall–Kier alpha value is -3.97. The number of thiophene rings is 2. The van der Waals surface area contributed by atoms with Crippen LogP contribution in [0.2, 0.25) is 0 Å². The average molecular weight is 438 g/mol. The molecule has 0 fully saturated rings. The van der Waals surface area contributed by atoms with Gasteiger partial charge in [0.05, 0.1) is 4.88 Å². The van der Waals surface area contributed by atoms with E-state index in [0.717, 1.165) is 48.3 Å². The van der Waals surface area contributed by atoms with Gasteiger partial charge in [-0.05, 0) is 65.7 Å². The highest BCUT2D eigenvalue weighted by molar-refractivity contribution is 7.17. The van der Waals surface area contributed by atoms with Crippen LogP contribution < -0.4 is 5.32 Å². The second-order valence-electron chi connectivity index (χ2n) is 6.58. The van der Waals surface area contributed by atoms with Crippen molar-refractivity contribution >= 4 is 46.4 Å². The summed E-state index contributed by atoms with van der Waals surface area (Å²) in [5, 5.41) is 21.2. The molecule has 4 nitrogen and oxygen atoms in total. The van der Waals surface area contributed by atoms with Gasteiger partial charge in [0, 0.05) is 26.0 Å². The van der Waals surface area contributed by atoms with Gasteiger partial charge in [-0.15, -0.1) is 22.7 Å². The van der Waals surface area contributed by atoms with Crippen molar-refractivity contribution in [3.63, 3.8) is 0 Å². The van der Waals surface area contributed by atoms with Crippen molar-refractivity contribution in [1.29, 1.82) is 10.5 Å². The van der Waals surface area contributed by atoms with Crippen LogP contribution in [0.3, 0.4) is 0 Å². The summed E-state index contributed by atoms with van der Waals surface area (Å²) in [6, 6.07) is 27.7. The summed E-state index contributed by atoms with van der Waals surface area (Å²) in [6.45, 7) is 0. The monoisotopic (exact) mass is 437 g/mol. The molecule has 0 atom stereocenters. The zero-order chi connectivity index (χ0) is 21.6. The zero-order valence-corrected chi connectivity index (χ0v) is 17.8. The molecule has 2 aromatic heterocycles. The van der Waals surface area contributed by atoms with E-state index in [9.17, 15) is 4.79 Å². The lowest BCUT2D eigenvalue weighted by Gasteiger charge is -2.08. The maximum Gasteiger partial charge on any atom is 0.160 e. The van der Waals surface area contributed by atoms with Gasteiger partial charge in [0.15, 0.2) is 6.29 Å². The molecule has 0 unspecified atom stereocenters. The molecule has 0 saturated carbocycles. The fraction of sp³-hybridized carbons (Fsp3) is 0. The number of benzene rings is 2. The van der Waals surface area contributed by atoms with Crippen LogP contribution in [-0.4, -0.2) is 6.29 Å². The van der Waals surface area contributed by atoms with E-state index in [1.54, 1.807) is 6.08 Å². The predicted octanol–water partition coefficient (Wildman–Crippen LogP) is 7.13. The first-order valence-electron chi connectivity index (χ1n) is 9.33. The van der Waals surface area contributed by atoms with E-state index in [0.29, 0.717) is 0 Å². The molecule has 31 heavy (non-hydrogen) atoms. The van der Waals surface area contributed by atoms with Gasteiger partial charge in [-0.25, -0.2) is 0 Å². The molecular formula is C25H15N3OS2. The van der Waals surface area contributed by atoms with Gasteiger partial charge in [-0.3, -0.25) is 4.79 Å². The van der Waals surface area contributed by atoms with Gasteiger partial charge in [0.2, 0.25) is 0 Å². The summed E-state index contributed by atoms with van der Waals surface area (Å²) in [7, 11) is 0. The van der Waals surface area contributed by atoms with Gasteiger partial charge in [0.1, 0.15) is 17.7 Å². The predicted molar refractivity (Wildman–Crippen MR) is 127 cm³/mol. The fourth-order valence-corrected chi connectivity index (χ4v) is 4.78. The number of aldehydes is 1. The number of nitrogens with zero attached hydrogens (tertiary/aromatic N) is 2. The smallest absolute Gasteiger partial charge is 0.160 e. The van der Waals surface area contributed by atoms with Crippen LogP contribution in [0.5, 0.6) is 0 Å². The Bertz CT molecular complexity index is 1320. The molecule has 0 spiro atoms. The van der Waals surface area contributed by atoms with E-state index in [1.165, 1.54) is 22.7 Å². The summed E-state index contributed by atoms with van der Waals surface area (Å²) in [5.74, 6) is 0. The van der Waals surface area contributed by atoms with Crippen molar-refractivity contribution < 1.29 is 4.79 Å². The van der Waals surface area contributed by atoms with Crippen molar-refractivity contribution in [2.75, 3.05) is 5.32 Å². The van der Waals surface area contributed by atoms with Crippen molar-refractivity contribution in [2.24, 2.45) is 0 Å². The van der Waals surface area contributed by atoms with E-state index >= 15 is 0 Å². The minimum atomic E-state index is 0.0993. The Kier molecular flexibility index (Phi) is 6.05. The lowest BCUT2D eigenvalue weighted by Crippen LogP contribution is -1.89. The highest BCUT2D eigenvalue weighted by Gasteiger charge is 2.05. The van der Waals surface area contributed by atoms with Crippen LogP contribution in [0.25, 0.3) is 27.0 Å². The molecular weight excluding hydrogens is 422 g/mol. The fourth-order valence-electron chi connectivity index (χ4n) is 2.99. The molecule has 1 N–H and O–H groups in total. The van der Waals surface area contributed by atoms with Gasteiger partial charge >= 0.3 is 0 Å². The third-order valence-electron chi connectivity index (χ3n) is 4.52. The van der Waals surface area contributed by atoms with Crippen molar-refractivity contribution in [3.05, 3.63) is 88.1 Å². The van der Waals surface area contributed by atoms with Gasteiger partial charge in [0.25, 0.3) is 0 Å². The Balaban J connectivity index is 1.45. The Morgan fingerprint density at radius 1 is 0.710 bits per heavy atom. The molecule has 148 valence electrons. The summed E-state index contributed by atoms with van der Waals surface area (Å²) in [5.41, 5.74) is 4.21. The summed E-state index contributed by atoms with van der Waals surface area (Å²) in [4.78, 5) is 14.6. The first-order chi connectivity index (χ1) is 15.2. The number of carbonyl (C=O) groups is 1. The third-order valence-corrected chi connectivity index (χ3v) is 6.67. The largest absolute Gasteiger partial charge is 0.356 e. The average Bonchev–Trinajstić information content (AvgIpc) is 3.48. The SMILES string of the molecule is N#CC(C#N)=Cc1ccc(-c2ccc(Nc3ccc(-c4ccc(C=O)s4)cc3)cc2)s1. The Labute approximate surface area is 188 Å². The molecule has 0 amide bonds. The molecule has 0 aliphatic rings. The van der Waals surface area contributed by atoms with Gasteiger partial charge in [-0.2, -0.15) is 10.5 Å². The van der Waals surface area contributed by atoms with E-state index in [2.05, 4.69) is 5.32 Å². The van der Waals surface area contributed by atoms with Crippen LogP contribution >= 0.6 is 22.7 Å². The quantitative estimate of drug-likeness (QED) is 0.257. The van der Waals surface area contributed by atoms with Crippen molar-refractivity contribution in [3.8, 4) is 33.0 Å². The highest BCUT2D eigenvalue weighted by atomic mass is 32.1. The third kappa shape index (κ3) is 4.79. The molecule has 2 aromatic carbocycles. The molecule has 0 aliphatic carbocycles. The molecule has 0 bridgehead atoms. The van der Waals surface area contributed by atoms with Gasteiger partial charge < -0.3 is 5.32 Å². The van der Waals surface area contributed by atoms with Crippen LogP contribution in [0.4, 0.5) is 11.4 Å². The summed E-state index contributed by atoms with van der Waals surface area (Å²) in [6.07, 6.45) is 2.47. The lowest BCUT2D eigenvalue weighted by atomic mass is 10.1. The number of nitriles is 2. The summed E-state index contributed by atoms with van der Waals surface area (Å²) < 4.78 is 0. The topological polar surface area (TPSA) is 76.7 Å². The maximum absolute atomic E-state index is 10.9. The van der Waals surface area contributed by atoms with E-state index in [4.69, 9.17) is 10.5 Å². The normalized spacial score (nSPS) is 10.0. The molecule has 0 aliphatic heterocycles. The number of rotatable bonds is 6. The minimum Gasteiger partial charge on any atom is -0.356 e. The van der Waals surface area contributed by atoms with Crippen molar-refractivity contribution in [1.82, 2.24) is 0 Å². The zero-order valence-electron chi connectivity index (χ0n) is 16.2. The van der Waals surface area contributed by atoms with E-state index < -0.39 is 0 Å². The standard InChI is InChI=1S/C25H15N3OS2/c26-14-17(15-27)13-22-9-11-24(30-22)18-1-5-20(6-2-18)28-21-7-3-19(4-8-21)25-12-10-23(16-29)31-25/h1-13,16,28H. The Morgan fingerprint density at radius 2 is 1.19 bits per heavy atom. The minimum absolute atomic E-state index is 0.0993. The molecule has 4 aromatic rings. The number of allylic oxidation sites excluding steroid dienone is 1. The number of hydrogen-bond donors (Lipinski definition) is 1. The van der Waals surface area contributed by atoms with Crippen LogP contribution in [-0.2, 0) is 0 Å². The van der Waals surface area contributed by atoms with Gasteiger partial charge in [-0.1, -0.05) is 24.3 Å². The molecule has 0 radical (unpaired) electrons. The number of hydrogen-bond acceptors (Lipinski definition) is 6. The second-order valence-corrected chi connectivity index (χ2v) is 8.81. The van der Waals surface area contributed by atoms with Crippen LogP contribution in [0, 0.1) is 22.7 Å². The molecule has 4 rings (SSSR count). The second kappa shape index (κ2) is 9.23. The highest BCUT2D eigenvalue weighted by Crippen LogP contribution is 2.32. The number of anilines is 2. The first-order valence-corrected chi connectivity index (χ1v) is 11.0. The van der Waals surface area contributed by atoms with Crippen LogP contribution in [0.1, 0.15) is 14.5 Å². The molecule has 2 heterocycles. The first kappa shape index (κ1) is 20.3. The Morgan fingerprint density at radius 3 is 1.65 bits per heavy atom. The number of carbonyl (C=O) groups excluding carboxylic acids is 1. The van der Waals surface area contributed by atoms with Crippen LogP contribution in [0.15, 0.2) is 78.4 Å². The van der Waals surface area contributed by atoms with E-state index in [-0.39, 0.29) is 5.57 Å². The summed E-state index contributed by atoms with van der Waals surface area (Å²) >= 11 is 3.02. The van der Waals surface area contributed by atoms with Crippen molar-refractivity contribution in [2.45, 2.75) is 0 Å². The molecule has 6 heteroatoms. The maximum atomic E-state index is 10.9. The molecule has 0 saturated heterocycles.